The van der Waals surface area contributed by atoms with Gasteiger partial charge in [-0.05, 0) is 43.5 Å². The van der Waals surface area contributed by atoms with Gasteiger partial charge in [0.05, 0.1) is 17.1 Å². The van der Waals surface area contributed by atoms with Gasteiger partial charge in [0.15, 0.2) is 0 Å². The van der Waals surface area contributed by atoms with Gasteiger partial charge in [-0.3, -0.25) is 4.98 Å². The number of aromatic nitrogens is 1. The SMILES string of the molecule is Cc1ccccc1S(=O)(=O)N(Cc1ccccn1)C1CC1. The maximum absolute atomic E-state index is 12.9. The molecule has 1 aromatic heterocycles. The van der Waals surface area contributed by atoms with Crippen LogP contribution in [0, 0.1) is 6.92 Å². The van der Waals surface area contributed by atoms with Crippen LogP contribution in [0.15, 0.2) is 53.6 Å². The molecular weight excluding hydrogens is 284 g/mol. The fourth-order valence-corrected chi connectivity index (χ4v) is 4.28. The van der Waals surface area contributed by atoms with Crippen LogP contribution < -0.4 is 0 Å². The van der Waals surface area contributed by atoms with Crippen molar-refractivity contribution >= 4 is 10.0 Å². The van der Waals surface area contributed by atoms with Crippen molar-refractivity contribution in [1.29, 1.82) is 0 Å². The molecule has 1 heterocycles. The first-order valence-electron chi connectivity index (χ1n) is 7.06. The van der Waals surface area contributed by atoms with E-state index in [2.05, 4.69) is 4.98 Å². The molecule has 0 N–H and O–H groups in total. The fourth-order valence-electron chi connectivity index (χ4n) is 2.40. The summed E-state index contributed by atoms with van der Waals surface area (Å²) < 4.78 is 27.5. The van der Waals surface area contributed by atoms with Crippen molar-refractivity contribution < 1.29 is 8.42 Å². The highest BCUT2D eigenvalue weighted by atomic mass is 32.2. The standard InChI is InChI=1S/C16H18N2O2S/c1-13-6-2-3-8-16(13)21(19,20)18(15-9-10-15)12-14-7-4-5-11-17-14/h2-8,11,15H,9-10,12H2,1H3. The third-order valence-corrected chi connectivity index (χ3v) is 5.74. The van der Waals surface area contributed by atoms with E-state index in [1.807, 2.05) is 37.3 Å². The summed E-state index contributed by atoms with van der Waals surface area (Å²) in [5.74, 6) is 0. The second-order valence-corrected chi connectivity index (χ2v) is 7.23. The van der Waals surface area contributed by atoms with Crippen LogP contribution in [-0.2, 0) is 16.6 Å². The molecule has 0 saturated heterocycles. The normalized spacial score (nSPS) is 15.3. The number of aryl methyl sites for hydroxylation is 1. The number of benzene rings is 1. The van der Waals surface area contributed by atoms with Gasteiger partial charge in [0.25, 0.3) is 0 Å². The molecule has 110 valence electrons. The number of pyridine rings is 1. The molecule has 0 amide bonds. The zero-order valence-electron chi connectivity index (χ0n) is 11.9. The van der Waals surface area contributed by atoms with Crippen LogP contribution >= 0.6 is 0 Å². The molecule has 0 unspecified atom stereocenters. The Balaban J connectivity index is 1.96. The van der Waals surface area contributed by atoms with E-state index in [0.29, 0.717) is 11.4 Å². The van der Waals surface area contributed by atoms with Crippen molar-refractivity contribution in [3.63, 3.8) is 0 Å². The zero-order chi connectivity index (χ0) is 14.9. The number of nitrogens with zero attached hydrogens (tertiary/aromatic N) is 2. The summed E-state index contributed by atoms with van der Waals surface area (Å²) in [5, 5.41) is 0. The first kappa shape index (κ1) is 14.2. The predicted molar refractivity (Wildman–Crippen MR) is 81.2 cm³/mol. The zero-order valence-corrected chi connectivity index (χ0v) is 12.8. The van der Waals surface area contributed by atoms with Gasteiger partial charge >= 0.3 is 0 Å². The largest absolute Gasteiger partial charge is 0.260 e. The lowest BCUT2D eigenvalue weighted by atomic mass is 10.2. The molecule has 21 heavy (non-hydrogen) atoms. The number of hydrogen-bond acceptors (Lipinski definition) is 3. The third kappa shape index (κ3) is 2.99. The van der Waals surface area contributed by atoms with Crippen LogP contribution in [0.1, 0.15) is 24.1 Å². The maximum Gasteiger partial charge on any atom is 0.243 e. The number of sulfonamides is 1. The topological polar surface area (TPSA) is 50.3 Å². The lowest BCUT2D eigenvalue weighted by molar-refractivity contribution is 0.394. The highest BCUT2D eigenvalue weighted by molar-refractivity contribution is 7.89. The minimum Gasteiger partial charge on any atom is -0.260 e. The van der Waals surface area contributed by atoms with E-state index in [0.717, 1.165) is 24.1 Å². The van der Waals surface area contributed by atoms with E-state index in [4.69, 9.17) is 0 Å². The second kappa shape index (κ2) is 5.58. The molecule has 5 heteroatoms. The average Bonchev–Trinajstić information content (AvgIpc) is 3.30. The molecule has 4 nitrogen and oxygen atoms in total. The Morgan fingerprint density at radius 3 is 2.48 bits per heavy atom. The van der Waals surface area contributed by atoms with Gasteiger partial charge in [0, 0.05) is 12.2 Å². The molecule has 1 fully saturated rings. The van der Waals surface area contributed by atoms with Crippen LogP contribution in [-0.4, -0.2) is 23.7 Å². The van der Waals surface area contributed by atoms with Gasteiger partial charge in [0.1, 0.15) is 0 Å². The molecular formula is C16H18N2O2S. The van der Waals surface area contributed by atoms with E-state index < -0.39 is 10.0 Å². The maximum atomic E-state index is 12.9. The van der Waals surface area contributed by atoms with Gasteiger partial charge in [-0.2, -0.15) is 4.31 Å². The Hall–Kier alpha value is -1.72. The molecule has 3 rings (SSSR count). The van der Waals surface area contributed by atoms with Crippen molar-refractivity contribution in [2.24, 2.45) is 0 Å². The van der Waals surface area contributed by atoms with Crippen LogP contribution in [0.25, 0.3) is 0 Å². The number of hydrogen-bond donors (Lipinski definition) is 0. The number of rotatable bonds is 5. The van der Waals surface area contributed by atoms with Crippen molar-refractivity contribution in [1.82, 2.24) is 9.29 Å². The fraction of sp³-hybridized carbons (Fsp3) is 0.312. The predicted octanol–water partition coefficient (Wildman–Crippen LogP) is 2.74. The summed E-state index contributed by atoms with van der Waals surface area (Å²) in [6.07, 6.45) is 3.55. The van der Waals surface area contributed by atoms with Crippen molar-refractivity contribution in [2.75, 3.05) is 0 Å². The molecule has 0 aliphatic heterocycles. The summed E-state index contributed by atoms with van der Waals surface area (Å²) in [5.41, 5.74) is 1.56. The van der Waals surface area contributed by atoms with Gasteiger partial charge < -0.3 is 0 Å². The van der Waals surface area contributed by atoms with Crippen LogP contribution in [0.5, 0.6) is 0 Å². The quantitative estimate of drug-likeness (QED) is 0.853. The summed E-state index contributed by atoms with van der Waals surface area (Å²) in [7, 11) is -3.47. The van der Waals surface area contributed by atoms with E-state index in [-0.39, 0.29) is 6.04 Å². The first-order chi connectivity index (χ1) is 10.1. The Morgan fingerprint density at radius 2 is 1.86 bits per heavy atom. The summed E-state index contributed by atoms with van der Waals surface area (Å²) in [6, 6.07) is 12.8. The van der Waals surface area contributed by atoms with Gasteiger partial charge in [-0.15, -0.1) is 0 Å². The van der Waals surface area contributed by atoms with Gasteiger partial charge in [-0.1, -0.05) is 24.3 Å². The van der Waals surface area contributed by atoms with E-state index in [1.165, 1.54) is 0 Å². The van der Waals surface area contributed by atoms with Crippen LogP contribution in [0.4, 0.5) is 0 Å². The van der Waals surface area contributed by atoms with Gasteiger partial charge in [-0.25, -0.2) is 8.42 Å². The smallest absolute Gasteiger partial charge is 0.243 e. The van der Waals surface area contributed by atoms with E-state index in [9.17, 15) is 8.42 Å². The molecule has 2 aromatic rings. The molecule has 1 saturated carbocycles. The minimum absolute atomic E-state index is 0.108. The van der Waals surface area contributed by atoms with Crippen molar-refractivity contribution in [3.8, 4) is 0 Å². The van der Waals surface area contributed by atoms with Crippen LogP contribution in [0.3, 0.4) is 0 Å². The average molecular weight is 302 g/mol. The van der Waals surface area contributed by atoms with Crippen molar-refractivity contribution in [2.45, 2.75) is 37.2 Å². The molecule has 1 aliphatic carbocycles. The Labute approximate surface area is 125 Å². The lowest BCUT2D eigenvalue weighted by Gasteiger charge is -2.22. The van der Waals surface area contributed by atoms with E-state index >= 15 is 0 Å². The summed E-state index contributed by atoms with van der Waals surface area (Å²) in [4.78, 5) is 4.65. The highest BCUT2D eigenvalue weighted by Crippen LogP contribution is 2.34. The Bertz CT molecular complexity index is 725. The Morgan fingerprint density at radius 1 is 1.14 bits per heavy atom. The Kier molecular flexibility index (Phi) is 3.78. The van der Waals surface area contributed by atoms with E-state index in [1.54, 1.807) is 22.6 Å². The minimum atomic E-state index is -3.47. The molecule has 0 spiro atoms. The summed E-state index contributed by atoms with van der Waals surface area (Å²) in [6.45, 7) is 2.17. The van der Waals surface area contributed by atoms with Gasteiger partial charge in [0.2, 0.25) is 10.0 Å². The molecule has 0 radical (unpaired) electrons. The molecule has 1 aliphatic rings. The second-order valence-electron chi connectivity index (χ2n) is 5.37. The molecule has 0 bridgehead atoms. The monoisotopic (exact) mass is 302 g/mol. The van der Waals surface area contributed by atoms with Crippen LogP contribution in [0.2, 0.25) is 0 Å². The third-order valence-electron chi connectivity index (χ3n) is 3.68. The molecule has 0 atom stereocenters. The lowest BCUT2D eigenvalue weighted by Crippen LogP contribution is -2.33. The first-order valence-corrected chi connectivity index (χ1v) is 8.50. The summed E-state index contributed by atoms with van der Waals surface area (Å²) >= 11 is 0. The molecule has 1 aromatic carbocycles. The van der Waals surface area contributed by atoms with Crippen molar-refractivity contribution in [3.05, 3.63) is 59.9 Å². The highest BCUT2D eigenvalue weighted by Gasteiger charge is 2.38.